The first-order valence-corrected chi connectivity index (χ1v) is 8.84. The summed E-state index contributed by atoms with van der Waals surface area (Å²) in [6.45, 7) is 0. The van der Waals surface area contributed by atoms with Crippen molar-refractivity contribution in [2.45, 2.75) is 73.4 Å². The molecule has 0 radical (unpaired) electrons. The van der Waals surface area contributed by atoms with Crippen molar-refractivity contribution in [2.75, 3.05) is 0 Å². The van der Waals surface area contributed by atoms with Crippen LogP contribution in [-0.2, 0) is 10.1 Å². The molecule has 31 heavy (non-hydrogen) atoms. The summed E-state index contributed by atoms with van der Waals surface area (Å²) in [5, 5.41) is -7.49. The molecule has 0 spiro atoms. The van der Waals surface area contributed by atoms with Crippen LogP contribution in [0.15, 0.2) is 0 Å². The van der Waals surface area contributed by atoms with Crippen molar-refractivity contribution in [3.8, 4) is 0 Å². The van der Waals surface area contributed by atoms with Gasteiger partial charge in [-0.25, -0.2) is 12.8 Å². The Hall–Kier alpha value is -0.473. The van der Waals surface area contributed by atoms with Crippen molar-refractivity contribution in [1.29, 1.82) is 0 Å². The monoisotopic (exact) mass is 508 g/mol. The Morgan fingerprint density at radius 1 is 0.677 bits per heavy atom. The number of halogens is 14. The average Bonchev–Trinajstić information content (AvgIpc) is 2.51. The summed E-state index contributed by atoms with van der Waals surface area (Å²) in [6, 6.07) is 0. The van der Waals surface area contributed by atoms with E-state index < -0.39 is 83.5 Å². The molecule has 0 fully saturated rings. The Morgan fingerprint density at radius 3 is 1.45 bits per heavy atom. The van der Waals surface area contributed by atoms with Gasteiger partial charge in [0.05, 0.1) is 0 Å². The van der Waals surface area contributed by atoms with E-state index in [1.807, 2.05) is 0 Å². The Labute approximate surface area is 177 Å². The maximum Gasteiger partial charge on any atom is 1.00 e. The molecule has 0 rings (SSSR count). The van der Waals surface area contributed by atoms with Crippen LogP contribution in [0.3, 0.4) is 0 Å². The molecule has 0 heterocycles. The summed E-state index contributed by atoms with van der Waals surface area (Å²) >= 11 is 0. The van der Waals surface area contributed by atoms with Crippen molar-refractivity contribution < 1.29 is 93.3 Å². The van der Waals surface area contributed by atoms with Gasteiger partial charge in [-0.05, 0) is 12.8 Å². The van der Waals surface area contributed by atoms with Crippen molar-refractivity contribution in [2.24, 2.45) is 0 Å². The van der Waals surface area contributed by atoms with Gasteiger partial charge >= 0.3 is 54.0 Å². The van der Waals surface area contributed by atoms with Gasteiger partial charge in [0, 0.05) is 6.42 Å². The van der Waals surface area contributed by atoms with Gasteiger partial charge in [-0.2, -0.15) is 57.1 Å². The van der Waals surface area contributed by atoms with Crippen LogP contribution in [0, 0.1) is 0 Å². The average molecular weight is 508 g/mol. The molecule has 0 N–H and O–H groups in total. The summed E-state index contributed by atoms with van der Waals surface area (Å²) in [5.74, 6) is -30.3. The van der Waals surface area contributed by atoms with Crippen LogP contribution in [0.5, 0.6) is 0 Å². The molecule has 0 aliphatic rings. The van der Waals surface area contributed by atoms with Gasteiger partial charge in [-0.15, -0.1) is 0 Å². The standard InChI is InChI=1S/C12H12F14O3S.Li/c13-6(4-2-1-3-5-7(14,15)16)8(17,18)9(19,20)10(21,22)11(23,24)12(25,26)30(27,28)29;/h6H,1-5H2,(H,27,28,29);/q;+1/p-1. The van der Waals surface area contributed by atoms with E-state index in [9.17, 15) is 74.4 Å². The van der Waals surface area contributed by atoms with E-state index in [1.54, 1.807) is 0 Å². The SMILES string of the molecule is O=S(=O)([O-])C(F)(F)C(F)(F)C(F)(F)C(F)(F)C(F)(F)C(F)CCCCCC(F)(F)F.[Li+]. The molecule has 3 nitrogen and oxygen atoms in total. The summed E-state index contributed by atoms with van der Waals surface area (Å²) in [7, 11) is -7.78. The molecule has 0 saturated heterocycles. The molecule has 0 aromatic carbocycles. The fourth-order valence-corrected chi connectivity index (χ4v) is 2.39. The zero-order chi connectivity index (χ0) is 24.6. The fraction of sp³-hybridized carbons (Fsp3) is 1.00. The molecular weight excluding hydrogens is 497 g/mol. The third-order valence-corrected chi connectivity index (χ3v) is 4.58. The predicted molar refractivity (Wildman–Crippen MR) is 68.5 cm³/mol. The van der Waals surface area contributed by atoms with Crippen LogP contribution in [0.2, 0.25) is 0 Å². The van der Waals surface area contributed by atoms with Crippen LogP contribution in [-0.4, -0.2) is 54.3 Å². The molecule has 0 aliphatic carbocycles. The number of unbranched alkanes of at least 4 members (excludes halogenated alkanes) is 2. The van der Waals surface area contributed by atoms with Crippen molar-refractivity contribution >= 4 is 10.1 Å². The topological polar surface area (TPSA) is 57.2 Å². The Bertz CT molecular complexity index is 691. The first kappa shape index (κ1) is 32.7. The number of alkyl halides is 14. The van der Waals surface area contributed by atoms with E-state index >= 15 is 0 Å². The normalized spacial score (nSPS) is 16.1. The molecule has 19 heteroatoms. The van der Waals surface area contributed by atoms with Crippen LogP contribution >= 0.6 is 0 Å². The quantitative estimate of drug-likeness (QED) is 0.187. The summed E-state index contributed by atoms with van der Waals surface area (Å²) < 4.78 is 211. The van der Waals surface area contributed by atoms with Gasteiger partial charge in [-0.3, -0.25) is 0 Å². The van der Waals surface area contributed by atoms with E-state index in [2.05, 4.69) is 0 Å². The Morgan fingerprint density at radius 2 is 1.10 bits per heavy atom. The van der Waals surface area contributed by atoms with Crippen LogP contribution in [0.25, 0.3) is 0 Å². The minimum atomic E-state index is -7.95. The van der Waals surface area contributed by atoms with E-state index in [-0.39, 0.29) is 18.9 Å². The third-order valence-electron chi connectivity index (χ3n) is 3.70. The second kappa shape index (κ2) is 9.80. The minimum Gasteiger partial charge on any atom is -0.743 e. The van der Waals surface area contributed by atoms with Crippen LogP contribution in [0.1, 0.15) is 32.1 Å². The van der Waals surface area contributed by atoms with Gasteiger partial charge in [0.2, 0.25) is 0 Å². The van der Waals surface area contributed by atoms with Crippen molar-refractivity contribution in [3.05, 3.63) is 0 Å². The molecule has 0 aromatic rings. The Balaban J connectivity index is 0. The summed E-state index contributed by atoms with van der Waals surface area (Å²) in [5.41, 5.74) is 0. The van der Waals surface area contributed by atoms with Crippen LogP contribution in [0.4, 0.5) is 61.5 Å². The fourth-order valence-electron chi connectivity index (χ4n) is 1.95. The van der Waals surface area contributed by atoms with Gasteiger partial charge < -0.3 is 4.55 Å². The van der Waals surface area contributed by atoms with E-state index in [4.69, 9.17) is 0 Å². The molecule has 182 valence electrons. The molecule has 0 aromatic heterocycles. The zero-order valence-electron chi connectivity index (χ0n) is 15.0. The molecule has 0 aliphatic heterocycles. The second-order valence-corrected chi connectivity index (χ2v) is 7.42. The van der Waals surface area contributed by atoms with Crippen molar-refractivity contribution in [3.63, 3.8) is 0 Å². The molecular formula is C12H11F14LiO3S. The Kier molecular flexibility index (Phi) is 10.3. The zero-order valence-corrected chi connectivity index (χ0v) is 15.9. The molecule has 1 unspecified atom stereocenters. The third kappa shape index (κ3) is 6.31. The predicted octanol–water partition coefficient (Wildman–Crippen LogP) is 2.52. The first-order valence-electron chi connectivity index (χ1n) is 7.43. The summed E-state index contributed by atoms with van der Waals surface area (Å²) in [4.78, 5) is 0. The van der Waals surface area contributed by atoms with E-state index in [0.29, 0.717) is 0 Å². The van der Waals surface area contributed by atoms with Gasteiger partial charge in [0.15, 0.2) is 16.3 Å². The van der Waals surface area contributed by atoms with E-state index in [0.717, 1.165) is 0 Å². The number of hydrogen-bond acceptors (Lipinski definition) is 3. The minimum absolute atomic E-state index is 0. The first-order chi connectivity index (χ1) is 12.9. The number of rotatable bonds is 11. The smallest absolute Gasteiger partial charge is 0.743 e. The van der Waals surface area contributed by atoms with Crippen LogP contribution < -0.4 is 18.9 Å². The molecule has 0 bridgehead atoms. The second-order valence-electron chi connectivity index (χ2n) is 6.00. The van der Waals surface area contributed by atoms with Gasteiger partial charge in [0.1, 0.15) is 0 Å². The maximum absolute atomic E-state index is 13.4. The maximum atomic E-state index is 13.4. The molecule has 0 amide bonds. The summed E-state index contributed by atoms with van der Waals surface area (Å²) in [6.07, 6.45) is -15.1. The van der Waals surface area contributed by atoms with Gasteiger partial charge in [-0.1, -0.05) is 12.8 Å². The largest absolute Gasteiger partial charge is 1.00 e. The van der Waals surface area contributed by atoms with Gasteiger partial charge in [0.25, 0.3) is 0 Å². The molecule has 0 saturated carbocycles. The van der Waals surface area contributed by atoms with E-state index in [1.165, 1.54) is 0 Å². The number of hydrogen-bond donors (Lipinski definition) is 0. The van der Waals surface area contributed by atoms with Crippen molar-refractivity contribution in [1.82, 2.24) is 0 Å². The molecule has 1 atom stereocenters.